The average Bonchev–Trinajstić information content (AvgIpc) is 2.60. The SMILES string of the molecule is CCCCCCCCCCCC(C)CCNS(=O)(=O)c1ccc(C)cc1. The van der Waals surface area contributed by atoms with Gasteiger partial charge in [0.15, 0.2) is 0 Å². The Bertz CT molecular complexity index is 566. The summed E-state index contributed by atoms with van der Waals surface area (Å²) < 4.78 is 27.2. The highest BCUT2D eigenvalue weighted by molar-refractivity contribution is 7.89. The molecule has 1 atom stereocenters. The van der Waals surface area contributed by atoms with Gasteiger partial charge in [0, 0.05) is 6.54 Å². The van der Waals surface area contributed by atoms with Crippen LogP contribution >= 0.6 is 0 Å². The summed E-state index contributed by atoms with van der Waals surface area (Å²) in [4.78, 5) is 0.356. The highest BCUT2D eigenvalue weighted by Crippen LogP contribution is 2.16. The van der Waals surface area contributed by atoms with E-state index < -0.39 is 10.0 Å². The number of unbranched alkanes of at least 4 members (excludes halogenated alkanes) is 8. The van der Waals surface area contributed by atoms with Crippen molar-refractivity contribution >= 4 is 10.0 Å². The highest BCUT2D eigenvalue weighted by atomic mass is 32.2. The van der Waals surface area contributed by atoms with Gasteiger partial charge in [-0.2, -0.15) is 0 Å². The molecule has 150 valence electrons. The summed E-state index contributed by atoms with van der Waals surface area (Å²) in [5.74, 6) is 0.570. The van der Waals surface area contributed by atoms with Crippen LogP contribution < -0.4 is 4.72 Å². The summed E-state index contributed by atoms with van der Waals surface area (Å²) in [6, 6.07) is 7.01. The molecule has 1 N–H and O–H groups in total. The van der Waals surface area contributed by atoms with Gasteiger partial charge in [-0.3, -0.25) is 0 Å². The Balaban J connectivity index is 2.07. The summed E-state index contributed by atoms with van der Waals surface area (Å²) in [5.41, 5.74) is 1.07. The summed E-state index contributed by atoms with van der Waals surface area (Å²) in [5, 5.41) is 0. The molecule has 0 spiro atoms. The molecule has 0 radical (unpaired) electrons. The Labute approximate surface area is 162 Å². The standard InChI is InChI=1S/C22H39NO2S/c1-4-5-6-7-8-9-10-11-12-13-20(2)18-19-23-26(24,25)22-16-14-21(3)15-17-22/h14-17,20,23H,4-13,18-19H2,1-3H3. The van der Waals surface area contributed by atoms with Gasteiger partial charge in [-0.25, -0.2) is 13.1 Å². The Hall–Kier alpha value is -0.870. The molecule has 0 saturated carbocycles. The van der Waals surface area contributed by atoms with E-state index in [1.54, 1.807) is 12.1 Å². The minimum absolute atomic E-state index is 0.356. The molecule has 0 fully saturated rings. The van der Waals surface area contributed by atoms with Crippen molar-refractivity contribution in [2.75, 3.05) is 6.54 Å². The largest absolute Gasteiger partial charge is 0.240 e. The third kappa shape index (κ3) is 10.3. The molecule has 0 bridgehead atoms. The second kappa shape index (κ2) is 13.3. The normalized spacial score (nSPS) is 13.0. The minimum Gasteiger partial charge on any atom is -0.211 e. The Morgan fingerprint density at radius 3 is 1.96 bits per heavy atom. The van der Waals surface area contributed by atoms with E-state index in [1.807, 2.05) is 19.1 Å². The lowest BCUT2D eigenvalue weighted by molar-refractivity contribution is 0.452. The van der Waals surface area contributed by atoms with Crippen molar-refractivity contribution < 1.29 is 8.42 Å². The van der Waals surface area contributed by atoms with E-state index in [-0.39, 0.29) is 0 Å². The molecule has 0 aliphatic heterocycles. The van der Waals surface area contributed by atoms with Gasteiger partial charge in [0.2, 0.25) is 10.0 Å². The molecule has 0 aliphatic rings. The number of hydrogen-bond donors (Lipinski definition) is 1. The maximum absolute atomic E-state index is 12.2. The van der Waals surface area contributed by atoms with Crippen molar-refractivity contribution in [3.8, 4) is 0 Å². The number of aryl methyl sites for hydroxylation is 1. The summed E-state index contributed by atoms with van der Waals surface area (Å²) in [6.45, 7) is 6.96. The minimum atomic E-state index is -3.36. The van der Waals surface area contributed by atoms with Crippen LogP contribution in [0.15, 0.2) is 29.2 Å². The third-order valence-electron chi connectivity index (χ3n) is 5.06. The van der Waals surface area contributed by atoms with Crippen LogP contribution in [0, 0.1) is 12.8 Å². The monoisotopic (exact) mass is 381 g/mol. The molecule has 0 amide bonds. The molecule has 0 aromatic heterocycles. The summed E-state index contributed by atoms with van der Waals surface area (Å²) in [7, 11) is -3.36. The smallest absolute Gasteiger partial charge is 0.211 e. The second-order valence-electron chi connectivity index (χ2n) is 7.72. The molecule has 0 heterocycles. The van der Waals surface area contributed by atoms with Crippen molar-refractivity contribution in [3.63, 3.8) is 0 Å². The second-order valence-corrected chi connectivity index (χ2v) is 9.49. The predicted octanol–water partition coefficient (Wildman–Crippen LogP) is 6.22. The lowest BCUT2D eigenvalue weighted by atomic mass is 9.99. The van der Waals surface area contributed by atoms with E-state index >= 15 is 0 Å². The first kappa shape index (κ1) is 23.2. The van der Waals surface area contributed by atoms with Gasteiger partial charge in [-0.05, 0) is 31.4 Å². The molecule has 0 aliphatic carbocycles. The Kier molecular flexibility index (Phi) is 11.9. The van der Waals surface area contributed by atoms with E-state index in [4.69, 9.17) is 0 Å². The van der Waals surface area contributed by atoms with Gasteiger partial charge in [0.05, 0.1) is 4.90 Å². The van der Waals surface area contributed by atoms with Crippen LogP contribution in [-0.2, 0) is 10.0 Å². The van der Waals surface area contributed by atoms with Gasteiger partial charge >= 0.3 is 0 Å². The van der Waals surface area contributed by atoms with Crippen LogP contribution in [0.2, 0.25) is 0 Å². The molecule has 26 heavy (non-hydrogen) atoms. The lowest BCUT2D eigenvalue weighted by Crippen LogP contribution is -2.25. The molecule has 1 rings (SSSR count). The van der Waals surface area contributed by atoms with E-state index in [0.29, 0.717) is 17.4 Å². The van der Waals surface area contributed by atoms with Crippen LogP contribution in [-0.4, -0.2) is 15.0 Å². The molecule has 1 unspecified atom stereocenters. The molecular weight excluding hydrogens is 342 g/mol. The molecule has 1 aromatic carbocycles. The molecule has 4 heteroatoms. The van der Waals surface area contributed by atoms with Gasteiger partial charge in [-0.1, -0.05) is 95.8 Å². The fraction of sp³-hybridized carbons (Fsp3) is 0.727. The average molecular weight is 382 g/mol. The third-order valence-corrected chi connectivity index (χ3v) is 6.54. The fourth-order valence-electron chi connectivity index (χ4n) is 3.19. The zero-order chi connectivity index (χ0) is 19.3. The predicted molar refractivity (Wildman–Crippen MR) is 112 cm³/mol. The first-order valence-corrected chi connectivity index (χ1v) is 12.0. The Morgan fingerprint density at radius 2 is 1.38 bits per heavy atom. The number of hydrogen-bond acceptors (Lipinski definition) is 2. The lowest BCUT2D eigenvalue weighted by Gasteiger charge is -2.12. The molecule has 3 nitrogen and oxygen atoms in total. The van der Waals surface area contributed by atoms with E-state index in [9.17, 15) is 8.42 Å². The van der Waals surface area contributed by atoms with E-state index in [1.165, 1.54) is 64.2 Å². The maximum Gasteiger partial charge on any atom is 0.240 e. The zero-order valence-electron chi connectivity index (χ0n) is 17.1. The molecular formula is C22H39NO2S. The molecule has 1 aromatic rings. The van der Waals surface area contributed by atoms with Crippen molar-refractivity contribution in [2.24, 2.45) is 5.92 Å². The van der Waals surface area contributed by atoms with Crippen LogP contribution in [0.25, 0.3) is 0 Å². The Morgan fingerprint density at radius 1 is 0.846 bits per heavy atom. The van der Waals surface area contributed by atoms with Gasteiger partial charge in [0.25, 0.3) is 0 Å². The first-order chi connectivity index (χ1) is 12.5. The number of benzene rings is 1. The van der Waals surface area contributed by atoms with Crippen molar-refractivity contribution in [3.05, 3.63) is 29.8 Å². The van der Waals surface area contributed by atoms with E-state index in [0.717, 1.165) is 12.0 Å². The van der Waals surface area contributed by atoms with Crippen LogP contribution in [0.3, 0.4) is 0 Å². The van der Waals surface area contributed by atoms with Crippen molar-refractivity contribution in [1.29, 1.82) is 0 Å². The van der Waals surface area contributed by atoms with Gasteiger partial charge in [-0.15, -0.1) is 0 Å². The van der Waals surface area contributed by atoms with E-state index in [2.05, 4.69) is 18.6 Å². The summed E-state index contributed by atoms with van der Waals surface area (Å²) in [6.07, 6.45) is 14.3. The summed E-state index contributed by atoms with van der Waals surface area (Å²) >= 11 is 0. The number of sulfonamides is 1. The van der Waals surface area contributed by atoms with Crippen LogP contribution in [0.5, 0.6) is 0 Å². The quantitative estimate of drug-likeness (QED) is 0.367. The topological polar surface area (TPSA) is 46.2 Å². The fourth-order valence-corrected chi connectivity index (χ4v) is 4.24. The number of rotatable bonds is 15. The van der Waals surface area contributed by atoms with Crippen LogP contribution in [0.4, 0.5) is 0 Å². The highest BCUT2D eigenvalue weighted by Gasteiger charge is 2.13. The maximum atomic E-state index is 12.2. The molecule has 0 saturated heterocycles. The first-order valence-electron chi connectivity index (χ1n) is 10.5. The van der Waals surface area contributed by atoms with Gasteiger partial charge < -0.3 is 0 Å². The zero-order valence-corrected chi connectivity index (χ0v) is 17.9. The van der Waals surface area contributed by atoms with Crippen molar-refractivity contribution in [2.45, 2.75) is 96.3 Å². The van der Waals surface area contributed by atoms with Crippen molar-refractivity contribution in [1.82, 2.24) is 4.72 Å². The number of nitrogens with one attached hydrogen (secondary N) is 1. The van der Waals surface area contributed by atoms with Crippen LogP contribution in [0.1, 0.15) is 90.0 Å². The van der Waals surface area contributed by atoms with Gasteiger partial charge in [0.1, 0.15) is 0 Å².